The minimum Gasteiger partial charge on any atom is -0.354 e. The number of fused-ring (bicyclic) bond motifs is 2. The highest BCUT2D eigenvalue weighted by Gasteiger charge is 2.39. The second kappa shape index (κ2) is 9.06. The summed E-state index contributed by atoms with van der Waals surface area (Å²) in [6.07, 6.45) is 0.763. The Morgan fingerprint density at radius 2 is 1.72 bits per heavy atom. The number of nitrogens with one attached hydrogen (secondary N) is 1. The quantitative estimate of drug-likeness (QED) is 0.601. The van der Waals surface area contributed by atoms with E-state index in [0.717, 1.165) is 73.6 Å². The molecule has 5 heterocycles. The lowest BCUT2D eigenvalue weighted by Gasteiger charge is -2.44. The van der Waals surface area contributed by atoms with E-state index in [2.05, 4.69) is 15.3 Å². The Kier molecular flexibility index (Phi) is 5.86. The zero-order chi connectivity index (χ0) is 24.9. The number of alkyl halides is 3. The van der Waals surface area contributed by atoms with Crippen molar-refractivity contribution in [2.24, 2.45) is 5.92 Å². The Morgan fingerprint density at radius 1 is 1.00 bits per heavy atom. The van der Waals surface area contributed by atoms with E-state index >= 15 is 0 Å². The van der Waals surface area contributed by atoms with Crippen molar-refractivity contribution < 1.29 is 18.0 Å². The van der Waals surface area contributed by atoms with Crippen LogP contribution in [0.25, 0.3) is 5.65 Å². The molecule has 2 saturated heterocycles. The molecule has 2 aromatic heterocycles. The van der Waals surface area contributed by atoms with Gasteiger partial charge in [-0.05, 0) is 49.4 Å². The predicted molar refractivity (Wildman–Crippen MR) is 129 cm³/mol. The molecule has 3 aliphatic rings. The summed E-state index contributed by atoms with van der Waals surface area (Å²) in [5.74, 6) is 1.37. The van der Waals surface area contributed by atoms with Crippen molar-refractivity contribution in [3.8, 4) is 0 Å². The topological polar surface area (TPSA) is 65.8 Å². The maximum Gasteiger partial charge on any atom is 0.416 e. The lowest BCUT2D eigenvalue weighted by Crippen LogP contribution is -2.56. The number of piperidine rings is 1. The number of amides is 1. The molecule has 1 aromatic carbocycles. The molecule has 0 unspecified atom stereocenters. The van der Waals surface area contributed by atoms with Crippen LogP contribution in [0.2, 0.25) is 0 Å². The van der Waals surface area contributed by atoms with Gasteiger partial charge in [-0.1, -0.05) is 12.1 Å². The molecule has 0 bridgehead atoms. The van der Waals surface area contributed by atoms with Crippen molar-refractivity contribution in [1.82, 2.24) is 24.8 Å². The Hall–Kier alpha value is -3.14. The molecule has 190 valence electrons. The zero-order valence-electron chi connectivity index (χ0n) is 20.0. The fourth-order valence-electron chi connectivity index (χ4n) is 5.78. The van der Waals surface area contributed by atoms with Gasteiger partial charge in [-0.2, -0.15) is 22.8 Å². The van der Waals surface area contributed by atoms with E-state index in [1.807, 2.05) is 15.5 Å². The molecule has 0 aliphatic carbocycles. The molecule has 0 spiro atoms. The summed E-state index contributed by atoms with van der Waals surface area (Å²) >= 11 is 0. The molecule has 6 rings (SSSR count). The van der Waals surface area contributed by atoms with E-state index in [1.54, 1.807) is 18.3 Å². The SMILES string of the molecule is O=C(C1CN(c2c3c(nc4ccnn24)CCNCC3)C1)N1CCC(c2ccc(C(F)(F)F)cc2)CC1. The normalized spacial score (nSPS) is 19.8. The largest absolute Gasteiger partial charge is 0.416 e. The summed E-state index contributed by atoms with van der Waals surface area (Å²) in [7, 11) is 0. The fourth-order valence-corrected chi connectivity index (χ4v) is 5.78. The highest BCUT2D eigenvalue weighted by atomic mass is 19.4. The van der Waals surface area contributed by atoms with Crippen molar-refractivity contribution >= 4 is 17.4 Å². The van der Waals surface area contributed by atoms with Gasteiger partial charge in [0.2, 0.25) is 5.91 Å². The van der Waals surface area contributed by atoms with Gasteiger partial charge >= 0.3 is 6.18 Å². The van der Waals surface area contributed by atoms with Gasteiger partial charge in [0, 0.05) is 50.8 Å². The van der Waals surface area contributed by atoms with Crippen LogP contribution in [-0.4, -0.2) is 64.7 Å². The Bertz CT molecular complexity index is 1260. The van der Waals surface area contributed by atoms with E-state index in [4.69, 9.17) is 4.98 Å². The summed E-state index contributed by atoms with van der Waals surface area (Å²) < 4.78 is 40.5. The second-order valence-electron chi connectivity index (χ2n) is 10.0. The third-order valence-electron chi connectivity index (χ3n) is 7.83. The molecule has 1 N–H and O–H groups in total. The summed E-state index contributed by atoms with van der Waals surface area (Å²) in [6, 6.07) is 7.39. The fraction of sp³-hybridized carbons (Fsp3) is 0.500. The van der Waals surface area contributed by atoms with Crippen LogP contribution in [0.5, 0.6) is 0 Å². The highest BCUT2D eigenvalue weighted by molar-refractivity contribution is 5.82. The lowest BCUT2D eigenvalue weighted by molar-refractivity contribution is -0.138. The molecular formula is C26H29F3N6O. The van der Waals surface area contributed by atoms with Gasteiger partial charge in [0.15, 0.2) is 5.65 Å². The van der Waals surface area contributed by atoms with Gasteiger partial charge in [-0.25, -0.2) is 4.98 Å². The maximum absolute atomic E-state index is 13.2. The van der Waals surface area contributed by atoms with Crippen LogP contribution in [0.4, 0.5) is 19.0 Å². The molecule has 7 nitrogen and oxygen atoms in total. The van der Waals surface area contributed by atoms with Crippen LogP contribution in [0, 0.1) is 5.92 Å². The van der Waals surface area contributed by atoms with Crippen LogP contribution in [0.1, 0.15) is 41.1 Å². The Morgan fingerprint density at radius 3 is 2.44 bits per heavy atom. The first-order valence-corrected chi connectivity index (χ1v) is 12.7. The molecule has 1 amide bonds. The number of aromatic nitrogens is 3. The van der Waals surface area contributed by atoms with Crippen molar-refractivity contribution in [1.29, 1.82) is 0 Å². The number of nitrogens with zero attached hydrogens (tertiary/aromatic N) is 5. The number of likely N-dealkylation sites (tertiary alicyclic amines) is 1. The first-order valence-electron chi connectivity index (χ1n) is 12.7. The molecule has 0 atom stereocenters. The van der Waals surface area contributed by atoms with Gasteiger partial charge in [0.25, 0.3) is 0 Å². The smallest absolute Gasteiger partial charge is 0.354 e. The van der Waals surface area contributed by atoms with Gasteiger partial charge in [0.1, 0.15) is 5.82 Å². The second-order valence-corrected chi connectivity index (χ2v) is 10.0. The third-order valence-corrected chi connectivity index (χ3v) is 7.83. The number of halogens is 3. The van der Waals surface area contributed by atoms with E-state index in [0.29, 0.717) is 26.2 Å². The predicted octanol–water partition coefficient (Wildman–Crippen LogP) is 3.28. The van der Waals surface area contributed by atoms with Crippen molar-refractivity contribution in [2.45, 2.75) is 37.8 Å². The Labute approximate surface area is 207 Å². The molecule has 36 heavy (non-hydrogen) atoms. The number of carbonyl (C=O) groups is 1. The summed E-state index contributed by atoms with van der Waals surface area (Å²) in [5, 5.41) is 7.95. The number of hydrogen-bond acceptors (Lipinski definition) is 5. The van der Waals surface area contributed by atoms with E-state index in [9.17, 15) is 18.0 Å². The molecular weight excluding hydrogens is 469 g/mol. The van der Waals surface area contributed by atoms with Gasteiger partial charge < -0.3 is 15.1 Å². The maximum atomic E-state index is 13.2. The van der Waals surface area contributed by atoms with Crippen molar-refractivity contribution in [3.63, 3.8) is 0 Å². The highest BCUT2D eigenvalue weighted by Crippen LogP contribution is 2.35. The number of carbonyl (C=O) groups excluding carboxylic acids is 1. The summed E-state index contributed by atoms with van der Waals surface area (Å²) in [6.45, 7) is 4.42. The molecule has 10 heteroatoms. The number of rotatable bonds is 3. The molecule has 2 fully saturated rings. The van der Waals surface area contributed by atoms with Gasteiger partial charge in [-0.3, -0.25) is 4.79 Å². The first kappa shape index (κ1) is 23.3. The number of benzene rings is 1. The molecule has 3 aliphatic heterocycles. The van der Waals surface area contributed by atoms with Crippen LogP contribution in [0.3, 0.4) is 0 Å². The average Bonchev–Trinajstić information content (AvgIpc) is 3.19. The first-order chi connectivity index (χ1) is 17.4. The third kappa shape index (κ3) is 4.21. The monoisotopic (exact) mass is 498 g/mol. The molecule has 0 saturated carbocycles. The number of anilines is 1. The molecule has 3 aromatic rings. The standard InChI is InChI=1S/C26H29F3N6O/c27-26(28,29)20-3-1-17(2-4-20)18-8-13-33(14-9-18)25(36)19-15-34(16-19)24-21-5-10-30-11-6-22(21)32-23-7-12-31-35(23)24/h1-4,7,12,18-19,30H,5-6,8-11,13-16H2. The minimum absolute atomic E-state index is 0.0500. The van der Waals surface area contributed by atoms with Crippen molar-refractivity contribution in [3.05, 3.63) is 58.9 Å². The minimum atomic E-state index is -4.32. The molecule has 0 radical (unpaired) electrons. The van der Waals surface area contributed by atoms with Crippen LogP contribution in [0.15, 0.2) is 36.5 Å². The van der Waals surface area contributed by atoms with E-state index < -0.39 is 11.7 Å². The summed E-state index contributed by atoms with van der Waals surface area (Å²) in [4.78, 5) is 22.2. The zero-order valence-corrected chi connectivity index (χ0v) is 20.0. The number of hydrogen-bond donors (Lipinski definition) is 1. The van der Waals surface area contributed by atoms with E-state index in [-0.39, 0.29) is 17.7 Å². The van der Waals surface area contributed by atoms with E-state index in [1.165, 1.54) is 5.56 Å². The van der Waals surface area contributed by atoms with Gasteiger partial charge in [-0.15, -0.1) is 0 Å². The lowest BCUT2D eigenvalue weighted by atomic mass is 9.88. The van der Waals surface area contributed by atoms with Gasteiger partial charge in [0.05, 0.1) is 23.4 Å². The summed E-state index contributed by atoms with van der Waals surface area (Å²) in [5.41, 5.74) is 3.47. The van der Waals surface area contributed by atoms with Crippen LogP contribution in [-0.2, 0) is 23.8 Å². The Balaban J connectivity index is 1.09. The average molecular weight is 499 g/mol. The van der Waals surface area contributed by atoms with Crippen molar-refractivity contribution in [2.75, 3.05) is 44.2 Å². The van der Waals surface area contributed by atoms with Crippen LogP contribution < -0.4 is 10.2 Å². The van der Waals surface area contributed by atoms with Crippen LogP contribution >= 0.6 is 0 Å².